The van der Waals surface area contributed by atoms with Crippen molar-refractivity contribution in [3.05, 3.63) is 12.2 Å². The maximum atomic E-state index is 5.60. The van der Waals surface area contributed by atoms with Crippen molar-refractivity contribution in [2.45, 2.75) is 44.8 Å². The van der Waals surface area contributed by atoms with Gasteiger partial charge in [-0.2, -0.15) is 0 Å². The lowest BCUT2D eigenvalue weighted by molar-refractivity contribution is 0.303. The minimum atomic E-state index is 0.270. The molecule has 1 aliphatic carbocycles. The second-order valence-electron chi connectivity index (χ2n) is 4.24. The van der Waals surface area contributed by atoms with Gasteiger partial charge in [0, 0.05) is 0 Å². The van der Waals surface area contributed by atoms with E-state index in [0.717, 1.165) is 5.92 Å². The normalized spacial score (nSPS) is 48.2. The molecule has 11 heavy (non-hydrogen) atoms. The zero-order chi connectivity index (χ0) is 8.06. The van der Waals surface area contributed by atoms with Gasteiger partial charge in [-0.05, 0) is 39.0 Å². The lowest BCUT2D eigenvalue weighted by Crippen LogP contribution is -2.21. The highest BCUT2D eigenvalue weighted by Crippen LogP contribution is 2.50. The highest BCUT2D eigenvalue weighted by Gasteiger charge is 2.55. The molecule has 1 heterocycles. The van der Waals surface area contributed by atoms with Crippen molar-refractivity contribution in [1.82, 2.24) is 0 Å². The van der Waals surface area contributed by atoms with E-state index in [9.17, 15) is 0 Å². The van der Waals surface area contributed by atoms with Crippen LogP contribution in [0.4, 0.5) is 0 Å². The molecular weight excluding hydrogens is 136 g/mol. The van der Waals surface area contributed by atoms with Crippen LogP contribution in [-0.2, 0) is 4.74 Å². The molecule has 1 saturated heterocycles. The smallest absolute Gasteiger partial charge is 0.0920 e. The van der Waals surface area contributed by atoms with Gasteiger partial charge in [0.1, 0.15) is 0 Å². The van der Waals surface area contributed by atoms with Crippen molar-refractivity contribution in [1.29, 1.82) is 0 Å². The van der Waals surface area contributed by atoms with E-state index in [0.29, 0.717) is 6.10 Å². The summed E-state index contributed by atoms with van der Waals surface area (Å²) < 4.78 is 5.60. The van der Waals surface area contributed by atoms with Crippen molar-refractivity contribution in [3.8, 4) is 0 Å². The van der Waals surface area contributed by atoms with Gasteiger partial charge in [-0.3, -0.25) is 0 Å². The number of epoxide rings is 1. The van der Waals surface area contributed by atoms with Crippen molar-refractivity contribution in [2.24, 2.45) is 5.92 Å². The third-order valence-corrected chi connectivity index (χ3v) is 3.22. The van der Waals surface area contributed by atoms with Crippen LogP contribution >= 0.6 is 0 Å². The fourth-order valence-corrected chi connectivity index (χ4v) is 2.09. The summed E-state index contributed by atoms with van der Waals surface area (Å²) in [5.74, 6) is 0.732. The number of hydrogen-bond acceptors (Lipinski definition) is 1. The van der Waals surface area contributed by atoms with Gasteiger partial charge in [0.25, 0.3) is 0 Å². The Morgan fingerprint density at radius 3 is 2.91 bits per heavy atom. The Morgan fingerprint density at radius 2 is 2.36 bits per heavy atom. The predicted octanol–water partition coefficient (Wildman–Crippen LogP) is 2.52. The molecule has 0 aromatic carbocycles. The maximum Gasteiger partial charge on any atom is 0.0920 e. The molecule has 1 nitrogen and oxygen atoms in total. The molecule has 2 aliphatic rings. The highest BCUT2D eigenvalue weighted by molar-refractivity contribution is 5.10. The monoisotopic (exact) mass is 152 g/mol. The summed E-state index contributed by atoms with van der Waals surface area (Å²) >= 11 is 0. The van der Waals surface area contributed by atoms with Crippen LogP contribution in [0.2, 0.25) is 0 Å². The summed E-state index contributed by atoms with van der Waals surface area (Å²) in [5, 5.41) is 0. The predicted molar refractivity (Wildman–Crippen MR) is 45.4 cm³/mol. The molecule has 62 valence electrons. The SMILES string of the molecule is C=C(C)[C@@H]1CC[C@]2(C)O[C@@H]2C1. The van der Waals surface area contributed by atoms with Gasteiger partial charge in [-0.1, -0.05) is 12.2 Å². The standard InChI is InChI=1S/C10H16O/c1-7(2)8-4-5-10(3)9(6-8)11-10/h8-9H,1,4-6H2,2-3H3/t8-,9-,10+/m1/s1. The summed E-state index contributed by atoms with van der Waals surface area (Å²) in [4.78, 5) is 0. The Labute approximate surface area is 68.4 Å². The zero-order valence-electron chi connectivity index (χ0n) is 7.39. The van der Waals surface area contributed by atoms with Gasteiger partial charge >= 0.3 is 0 Å². The summed E-state index contributed by atoms with van der Waals surface area (Å²) in [5.41, 5.74) is 1.61. The van der Waals surface area contributed by atoms with E-state index in [4.69, 9.17) is 4.74 Å². The van der Waals surface area contributed by atoms with Crippen molar-refractivity contribution in [2.75, 3.05) is 0 Å². The van der Waals surface area contributed by atoms with Crippen LogP contribution in [0.15, 0.2) is 12.2 Å². The van der Waals surface area contributed by atoms with Gasteiger partial charge in [-0.25, -0.2) is 0 Å². The first kappa shape index (κ1) is 7.35. The molecule has 3 atom stereocenters. The van der Waals surface area contributed by atoms with Crippen LogP contribution in [0.1, 0.15) is 33.1 Å². The molecule has 0 aromatic rings. The maximum absolute atomic E-state index is 5.60. The first-order valence-electron chi connectivity index (χ1n) is 4.45. The Kier molecular flexibility index (Phi) is 1.40. The lowest BCUT2D eigenvalue weighted by atomic mass is 9.80. The molecule has 0 aromatic heterocycles. The van der Waals surface area contributed by atoms with Crippen molar-refractivity contribution < 1.29 is 4.74 Å². The molecule has 2 rings (SSSR count). The average molecular weight is 152 g/mol. The summed E-state index contributed by atoms with van der Waals surface area (Å²) in [6, 6.07) is 0. The number of ether oxygens (including phenoxy) is 1. The zero-order valence-corrected chi connectivity index (χ0v) is 7.39. The minimum Gasteiger partial charge on any atom is -0.366 e. The second-order valence-corrected chi connectivity index (χ2v) is 4.24. The van der Waals surface area contributed by atoms with Gasteiger partial charge in [-0.15, -0.1) is 0 Å². The molecule has 0 bridgehead atoms. The topological polar surface area (TPSA) is 12.5 Å². The third kappa shape index (κ3) is 1.12. The largest absolute Gasteiger partial charge is 0.366 e. The third-order valence-electron chi connectivity index (χ3n) is 3.22. The molecule has 0 unspecified atom stereocenters. The van der Waals surface area contributed by atoms with Crippen molar-refractivity contribution in [3.63, 3.8) is 0 Å². The molecule has 0 radical (unpaired) electrons. The van der Waals surface area contributed by atoms with E-state index in [1.54, 1.807) is 0 Å². The Bertz CT molecular complexity index is 197. The first-order valence-corrected chi connectivity index (χ1v) is 4.45. The molecule has 1 heteroatoms. The quantitative estimate of drug-likeness (QED) is 0.415. The molecule has 0 N–H and O–H groups in total. The Hall–Kier alpha value is -0.300. The number of allylic oxidation sites excluding steroid dienone is 1. The van der Waals surface area contributed by atoms with Crippen LogP contribution in [0.5, 0.6) is 0 Å². The molecule has 1 aliphatic heterocycles. The minimum absolute atomic E-state index is 0.270. The fraction of sp³-hybridized carbons (Fsp3) is 0.800. The van der Waals surface area contributed by atoms with E-state index in [1.807, 2.05) is 0 Å². The first-order chi connectivity index (χ1) is 5.12. The average Bonchev–Trinajstić information content (AvgIpc) is 2.58. The molecule has 0 spiro atoms. The molecular formula is C10H16O. The summed E-state index contributed by atoms with van der Waals surface area (Å²) in [7, 11) is 0. The molecule has 0 amide bonds. The van der Waals surface area contributed by atoms with Gasteiger partial charge < -0.3 is 4.74 Å². The Balaban J connectivity index is 1.98. The number of hydrogen-bond donors (Lipinski definition) is 0. The highest BCUT2D eigenvalue weighted by atomic mass is 16.6. The van der Waals surface area contributed by atoms with E-state index < -0.39 is 0 Å². The number of fused-ring (bicyclic) bond motifs is 1. The van der Waals surface area contributed by atoms with E-state index >= 15 is 0 Å². The van der Waals surface area contributed by atoms with Gasteiger partial charge in [0.05, 0.1) is 11.7 Å². The second kappa shape index (κ2) is 2.10. The van der Waals surface area contributed by atoms with Crippen LogP contribution in [-0.4, -0.2) is 11.7 Å². The summed E-state index contributed by atoms with van der Waals surface area (Å²) in [6.07, 6.45) is 4.28. The van der Waals surface area contributed by atoms with E-state index in [1.165, 1.54) is 24.8 Å². The van der Waals surface area contributed by atoms with Crippen LogP contribution in [0.3, 0.4) is 0 Å². The number of rotatable bonds is 1. The van der Waals surface area contributed by atoms with E-state index in [2.05, 4.69) is 20.4 Å². The molecule has 2 fully saturated rings. The van der Waals surface area contributed by atoms with Crippen LogP contribution in [0.25, 0.3) is 0 Å². The van der Waals surface area contributed by atoms with E-state index in [-0.39, 0.29) is 5.60 Å². The van der Waals surface area contributed by atoms with Crippen LogP contribution < -0.4 is 0 Å². The fourth-order valence-electron chi connectivity index (χ4n) is 2.09. The Morgan fingerprint density at radius 1 is 1.64 bits per heavy atom. The molecule has 1 saturated carbocycles. The lowest BCUT2D eigenvalue weighted by Gasteiger charge is -2.22. The summed E-state index contributed by atoms with van der Waals surface area (Å²) in [6.45, 7) is 8.36. The van der Waals surface area contributed by atoms with Crippen molar-refractivity contribution >= 4 is 0 Å². The van der Waals surface area contributed by atoms with Crippen LogP contribution in [0, 0.1) is 5.92 Å². The van der Waals surface area contributed by atoms with Gasteiger partial charge in [0.2, 0.25) is 0 Å². The van der Waals surface area contributed by atoms with Gasteiger partial charge in [0.15, 0.2) is 0 Å².